The van der Waals surface area contributed by atoms with Crippen molar-refractivity contribution in [3.8, 4) is 5.75 Å². The monoisotopic (exact) mass is 317 g/mol. The van der Waals surface area contributed by atoms with Crippen molar-refractivity contribution < 1.29 is 23.1 Å². The lowest BCUT2D eigenvalue weighted by Gasteiger charge is -2.10. The number of rotatable bonds is 4. The second-order valence-electron chi connectivity index (χ2n) is 5.17. The smallest absolute Gasteiger partial charge is 0.262 e. The van der Waals surface area contributed by atoms with Crippen LogP contribution in [0.15, 0.2) is 36.4 Å². The van der Waals surface area contributed by atoms with Gasteiger partial charge in [-0.05, 0) is 24.6 Å². The Morgan fingerprint density at radius 2 is 1.96 bits per heavy atom. The predicted octanol–water partition coefficient (Wildman–Crippen LogP) is 3.11. The van der Waals surface area contributed by atoms with Gasteiger partial charge in [-0.25, -0.2) is 8.78 Å². The van der Waals surface area contributed by atoms with Gasteiger partial charge in [0.25, 0.3) is 5.91 Å². The number of nitrogens with one attached hydrogen (secondary N) is 1. The normalized spacial score (nSPS) is 12.9. The van der Waals surface area contributed by atoms with Crippen LogP contribution in [0.5, 0.6) is 5.75 Å². The third kappa shape index (κ3) is 3.21. The van der Waals surface area contributed by atoms with Crippen molar-refractivity contribution in [2.24, 2.45) is 0 Å². The Hall–Kier alpha value is -2.76. The van der Waals surface area contributed by atoms with Crippen LogP contribution in [-0.2, 0) is 11.2 Å². The molecule has 0 bridgehead atoms. The number of fused-ring (bicyclic) bond motifs is 1. The van der Waals surface area contributed by atoms with Crippen LogP contribution in [0.1, 0.15) is 22.3 Å². The summed E-state index contributed by atoms with van der Waals surface area (Å²) >= 11 is 0. The quantitative estimate of drug-likeness (QED) is 0.942. The molecule has 0 fully saturated rings. The van der Waals surface area contributed by atoms with E-state index in [1.54, 1.807) is 18.2 Å². The first-order valence-corrected chi connectivity index (χ1v) is 7.07. The zero-order chi connectivity index (χ0) is 16.4. The highest BCUT2D eigenvalue weighted by atomic mass is 19.2. The van der Waals surface area contributed by atoms with E-state index in [9.17, 15) is 18.4 Å². The molecule has 0 saturated carbocycles. The molecular weight excluding hydrogens is 304 g/mol. The molecule has 0 heterocycles. The van der Waals surface area contributed by atoms with E-state index in [2.05, 4.69) is 5.32 Å². The summed E-state index contributed by atoms with van der Waals surface area (Å²) in [6.45, 7) is -0.288. The fourth-order valence-electron chi connectivity index (χ4n) is 2.51. The van der Waals surface area contributed by atoms with E-state index in [1.165, 1.54) is 6.07 Å². The fourth-order valence-corrected chi connectivity index (χ4v) is 2.51. The number of carbonyl (C=O) groups excluding carboxylic acids is 2. The van der Waals surface area contributed by atoms with Crippen LogP contribution in [0.2, 0.25) is 0 Å². The summed E-state index contributed by atoms with van der Waals surface area (Å²) in [5.41, 5.74) is 1.58. The molecule has 118 valence electrons. The summed E-state index contributed by atoms with van der Waals surface area (Å²) in [7, 11) is 0. The van der Waals surface area contributed by atoms with Gasteiger partial charge in [-0.3, -0.25) is 9.59 Å². The van der Waals surface area contributed by atoms with Gasteiger partial charge in [-0.1, -0.05) is 12.1 Å². The number of carbonyl (C=O) groups is 2. The van der Waals surface area contributed by atoms with E-state index in [4.69, 9.17) is 4.74 Å². The SMILES string of the molecule is O=C(COc1cccc2c1CCC2=O)Nc1ccc(F)c(F)c1. The molecule has 0 radical (unpaired) electrons. The Kier molecular flexibility index (Phi) is 4.06. The van der Waals surface area contributed by atoms with E-state index in [1.807, 2.05) is 0 Å². The predicted molar refractivity (Wildman–Crippen MR) is 79.6 cm³/mol. The largest absolute Gasteiger partial charge is 0.483 e. The van der Waals surface area contributed by atoms with Gasteiger partial charge in [0.1, 0.15) is 5.75 Å². The second-order valence-corrected chi connectivity index (χ2v) is 5.17. The number of ether oxygens (including phenoxy) is 1. The van der Waals surface area contributed by atoms with Gasteiger partial charge in [0.05, 0.1) is 0 Å². The van der Waals surface area contributed by atoms with Crippen molar-refractivity contribution in [2.75, 3.05) is 11.9 Å². The van der Waals surface area contributed by atoms with Gasteiger partial charge in [-0.2, -0.15) is 0 Å². The third-order valence-corrected chi connectivity index (χ3v) is 3.60. The van der Waals surface area contributed by atoms with Crippen LogP contribution in [0, 0.1) is 11.6 Å². The van der Waals surface area contributed by atoms with E-state index >= 15 is 0 Å². The van der Waals surface area contributed by atoms with Crippen molar-refractivity contribution in [2.45, 2.75) is 12.8 Å². The minimum Gasteiger partial charge on any atom is -0.483 e. The van der Waals surface area contributed by atoms with Crippen LogP contribution < -0.4 is 10.1 Å². The zero-order valence-corrected chi connectivity index (χ0v) is 12.1. The molecule has 0 spiro atoms. The molecular formula is C17H13F2NO3. The molecule has 0 unspecified atom stereocenters. The van der Waals surface area contributed by atoms with Crippen molar-refractivity contribution in [3.63, 3.8) is 0 Å². The number of anilines is 1. The molecule has 1 N–H and O–H groups in total. The molecule has 3 rings (SSSR count). The Morgan fingerprint density at radius 1 is 1.13 bits per heavy atom. The van der Waals surface area contributed by atoms with E-state index in [0.717, 1.165) is 17.7 Å². The van der Waals surface area contributed by atoms with Crippen LogP contribution in [0.3, 0.4) is 0 Å². The van der Waals surface area contributed by atoms with Gasteiger partial charge in [0, 0.05) is 29.3 Å². The Bertz CT molecular complexity index is 789. The van der Waals surface area contributed by atoms with Crippen LogP contribution >= 0.6 is 0 Å². The highest BCUT2D eigenvalue weighted by molar-refractivity contribution is 6.01. The number of ketones is 1. The molecule has 0 saturated heterocycles. The molecule has 1 aliphatic rings. The van der Waals surface area contributed by atoms with Crippen molar-refractivity contribution in [3.05, 3.63) is 59.2 Å². The van der Waals surface area contributed by atoms with E-state index in [0.29, 0.717) is 24.2 Å². The van der Waals surface area contributed by atoms with Gasteiger partial charge in [-0.15, -0.1) is 0 Å². The van der Waals surface area contributed by atoms with Gasteiger partial charge >= 0.3 is 0 Å². The summed E-state index contributed by atoms with van der Waals surface area (Å²) in [5.74, 6) is -1.96. The third-order valence-electron chi connectivity index (χ3n) is 3.60. The molecule has 4 nitrogen and oxygen atoms in total. The number of halogens is 2. The lowest BCUT2D eigenvalue weighted by Crippen LogP contribution is -2.20. The molecule has 2 aromatic rings. The van der Waals surface area contributed by atoms with Crippen molar-refractivity contribution in [1.29, 1.82) is 0 Å². The molecule has 6 heteroatoms. The first-order valence-electron chi connectivity index (χ1n) is 7.07. The first-order chi connectivity index (χ1) is 11.0. The molecule has 0 aliphatic heterocycles. The summed E-state index contributed by atoms with van der Waals surface area (Å²) in [4.78, 5) is 23.5. The van der Waals surface area contributed by atoms with Gasteiger partial charge in [0.2, 0.25) is 0 Å². The first kappa shape index (κ1) is 15.1. The van der Waals surface area contributed by atoms with Crippen LogP contribution in [0.4, 0.5) is 14.5 Å². The molecule has 0 atom stereocenters. The standard InChI is InChI=1S/C17H13F2NO3/c18-13-6-4-10(8-14(13)19)20-17(22)9-23-16-3-1-2-11-12(16)5-7-15(11)21/h1-4,6,8H,5,7,9H2,(H,20,22). The lowest BCUT2D eigenvalue weighted by atomic mass is 10.1. The van der Waals surface area contributed by atoms with E-state index < -0.39 is 17.5 Å². The van der Waals surface area contributed by atoms with Crippen LogP contribution in [-0.4, -0.2) is 18.3 Å². The lowest BCUT2D eigenvalue weighted by molar-refractivity contribution is -0.118. The summed E-state index contributed by atoms with van der Waals surface area (Å²) in [6.07, 6.45) is 1.03. The average molecular weight is 317 g/mol. The van der Waals surface area contributed by atoms with E-state index in [-0.39, 0.29) is 18.1 Å². The molecule has 1 amide bonds. The fraction of sp³-hybridized carbons (Fsp3) is 0.176. The van der Waals surface area contributed by atoms with Crippen molar-refractivity contribution >= 4 is 17.4 Å². The topological polar surface area (TPSA) is 55.4 Å². The molecule has 1 aliphatic carbocycles. The highest BCUT2D eigenvalue weighted by Gasteiger charge is 2.22. The number of hydrogen-bond acceptors (Lipinski definition) is 3. The summed E-state index contributed by atoms with van der Waals surface area (Å²) < 4.78 is 31.4. The average Bonchev–Trinajstić information content (AvgIpc) is 2.91. The summed E-state index contributed by atoms with van der Waals surface area (Å²) in [6, 6.07) is 8.22. The maximum absolute atomic E-state index is 13.1. The molecule has 23 heavy (non-hydrogen) atoms. The summed E-state index contributed by atoms with van der Waals surface area (Å²) in [5, 5.41) is 2.42. The number of Topliss-reactive ketones (excluding diaryl/α,β-unsaturated/α-hetero) is 1. The molecule has 0 aromatic heterocycles. The Labute approximate surface area is 131 Å². The van der Waals surface area contributed by atoms with Crippen molar-refractivity contribution in [1.82, 2.24) is 0 Å². The maximum Gasteiger partial charge on any atom is 0.262 e. The molecule has 2 aromatic carbocycles. The Morgan fingerprint density at radius 3 is 2.74 bits per heavy atom. The Balaban J connectivity index is 1.64. The van der Waals surface area contributed by atoms with Crippen LogP contribution in [0.25, 0.3) is 0 Å². The minimum absolute atomic E-state index is 0.0664. The van der Waals surface area contributed by atoms with Gasteiger partial charge < -0.3 is 10.1 Å². The van der Waals surface area contributed by atoms with Gasteiger partial charge in [0.15, 0.2) is 24.0 Å². The highest BCUT2D eigenvalue weighted by Crippen LogP contribution is 2.30. The second kappa shape index (κ2) is 6.16. The number of amides is 1. The number of benzene rings is 2. The minimum atomic E-state index is -1.04. The zero-order valence-electron chi connectivity index (χ0n) is 12.1. The number of hydrogen-bond donors (Lipinski definition) is 1. The maximum atomic E-state index is 13.1.